The third-order valence-electron chi connectivity index (χ3n) is 3.75. The lowest BCUT2D eigenvalue weighted by atomic mass is 9.94. The fraction of sp³-hybridized carbons (Fsp3) is 0.100. The van der Waals surface area contributed by atoms with Gasteiger partial charge in [0.05, 0.1) is 0 Å². The SMILES string of the molecule is C#CCOc1ccc(C=C)c2c1ccc1cccc(C)c12. The zero-order valence-corrected chi connectivity index (χ0v) is 12.0. The Morgan fingerprint density at radius 3 is 2.76 bits per heavy atom. The summed E-state index contributed by atoms with van der Waals surface area (Å²) in [4.78, 5) is 0. The van der Waals surface area contributed by atoms with Gasteiger partial charge in [0.2, 0.25) is 0 Å². The number of terminal acetylenes is 1. The first-order chi connectivity index (χ1) is 10.3. The number of aryl methyl sites for hydroxylation is 1. The molecule has 102 valence electrons. The molecule has 0 radical (unpaired) electrons. The van der Waals surface area contributed by atoms with Gasteiger partial charge in [-0.2, -0.15) is 0 Å². The molecule has 3 aromatic rings. The van der Waals surface area contributed by atoms with Crippen LogP contribution in [0, 0.1) is 19.3 Å². The molecule has 21 heavy (non-hydrogen) atoms. The van der Waals surface area contributed by atoms with E-state index in [0.29, 0.717) is 0 Å². The molecular formula is C20H16O. The van der Waals surface area contributed by atoms with Gasteiger partial charge in [0.1, 0.15) is 12.4 Å². The van der Waals surface area contributed by atoms with Crippen molar-refractivity contribution in [2.45, 2.75) is 6.92 Å². The van der Waals surface area contributed by atoms with Gasteiger partial charge in [0.25, 0.3) is 0 Å². The molecule has 0 spiro atoms. The second kappa shape index (κ2) is 5.34. The molecule has 0 aliphatic rings. The Morgan fingerprint density at radius 1 is 1.14 bits per heavy atom. The van der Waals surface area contributed by atoms with Gasteiger partial charge in [0, 0.05) is 10.8 Å². The normalized spacial score (nSPS) is 10.5. The minimum Gasteiger partial charge on any atom is -0.480 e. The van der Waals surface area contributed by atoms with Crippen LogP contribution in [0.25, 0.3) is 27.6 Å². The van der Waals surface area contributed by atoms with Gasteiger partial charge in [-0.15, -0.1) is 6.42 Å². The van der Waals surface area contributed by atoms with Gasteiger partial charge in [-0.3, -0.25) is 0 Å². The van der Waals surface area contributed by atoms with E-state index in [2.05, 4.69) is 49.8 Å². The molecule has 0 atom stereocenters. The average Bonchev–Trinajstić information content (AvgIpc) is 2.52. The Balaban J connectivity index is 2.45. The predicted molar refractivity (Wildman–Crippen MR) is 90.6 cm³/mol. The van der Waals surface area contributed by atoms with E-state index in [1.54, 1.807) is 0 Å². The Bertz CT molecular complexity index is 882. The first kappa shape index (κ1) is 13.3. The second-order valence-corrected chi connectivity index (χ2v) is 5.01. The minimum atomic E-state index is 0.272. The highest BCUT2D eigenvalue weighted by molar-refractivity contribution is 6.14. The van der Waals surface area contributed by atoms with Crippen LogP contribution in [0.1, 0.15) is 11.1 Å². The van der Waals surface area contributed by atoms with E-state index in [1.807, 2.05) is 18.2 Å². The second-order valence-electron chi connectivity index (χ2n) is 5.01. The Labute approximate surface area is 124 Å². The Kier molecular flexibility index (Phi) is 3.38. The average molecular weight is 272 g/mol. The molecule has 0 aromatic heterocycles. The summed E-state index contributed by atoms with van der Waals surface area (Å²) in [5.74, 6) is 3.33. The van der Waals surface area contributed by atoms with Crippen molar-refractivity contribution in [3.8, 4) is 18.1 Å². The molecule has 0 aliphatic heterocycles. The van der Waals surface area contributed by atoms with Crippen LogP contribution in [0.15, 0.2) is 49.0 Å². The van der Waals surface area contributed by atoms with Gasteiger partial charge < -0.3 is 4.74 Å². The van der Waals surface area contributed by atoms with E-state index in [-0.39, 0.29) is 6.61 Å². The topological polar surface area (TPSA) is 9.23 Å². The molecule has 0 unspecified atom stereocenters. The van der Waals surface area contributed by atoms with E-state index in [1.165, 1.54) is 21.7 Å². The molecule has 3 aromatic carbocycles. The monoisotopic (exact) mass is 272 g/mol. The van der Waals surface area contributed by atoms with Crippen molar-refractivity contribution in [1.82, 2.24) is 0 Å². The maximum Gasteiger partial charge on any atom is 0.148 e. The van der Waals surface area contributed by atoms with Crippen molar-refractivity contribution in [2.75, 3.05) is 6.61 Å². The minimum absolute atomic E-state index is 0.272. The first-order valence-corrected chi connectivity index (χ1v) is 6.90. The summed E-state index contributed by atoms with van der Waals surface area (Å²) in [7, 11) is 0. The molecule has 0 saturated heterocycles. The Morgan fingerprint density at radius 2 is 2.00 bits per heavy atom. The summed E-state index contributed by atoms with van der Waals surface area (Å²) >= 11 is 0. The lowest BCUT2D eigenvalue weighted by Gasteiger charge is -2.13. The lowest BCUT2D eigenvalue weighted by molar-refractivity contribution is 0.375. The van der Waals surface area contributed by atoms with Crippen molar-refractivity contribution in [1.29, 1.82) is 0 Å². The van der Waals surface area contributed by atoms with Gasteiger partial charge in [0.15, 0.2) is 0 Å². The van der Waals surface area contributed by atoms with Crippen molar-refractivity contribution in [3.63, 3.8) is 0 Å². The highest BCUT2D eigenvalue weighted by atomic mass is 16.5. The molecule has 1 nitrogen and oxygen atoms in total. The molecule has 0 bridgehead atoms. The molecule has 0 fully saturated rings. The zero-order chi connectivity index (χ0) is 14.8. The smallest absolute Gasteiger partial charge is 0.148 e. The summed E-state index contributed by atoms with van der Waals surface area (Å²) < 4.78 is 5.69. The fourth-order valence-corrected chi connectivity index (χ4v) is 2.82. The quantitative estimate of drug-likeness (QED) is 0.484. The van der Waals surface area contributed by atoms with Crippen LogP contribution in [0.4, 0.5) is 0 Å². The van der Waals surface area contributed by atoms with E-state index in [9.17, 15) is 0 Å². The largest absolute Gasteiger partial charge is 0.480 e. The van der Waals surface area contributed by atoms with E-state index < -0.39 is 0 Å². The number of rotatable bonds is 3. The summed E-state index contributed by atoms with van der Waals surface area (Å²) in [6.07, 6.45) is 7.19. The van der Waals surface area contributed by atoms with Crippen molar-refractivity contribution in [2.24, 2.45) is 0 Å². The van der Waals surface area contributed by atoms with Crippen molar-refractivity contribution < 1.29 is 4.74 Å². The van der Waals surface area contributed by atoms with Gasteiger partial charge in [-0.05, 0) is 41.0 Å². The van der Waals surface area contributed by atoms with Gasteiger partial charge in [-0.1, -0.05) is 48.9 Å². The molecule has 0 N–H and O–H groups in total. The molecule has 0 saturated carbocycles. The summed E-state index contributed by atoms with van der Waals surface area (Å²) in [5.41, 5.74) is 2.35. The maximum absolute atomic E-state index is 5.69. The molecule has 1 heteroatoms. The van der Waals surface area contributed by atoms with Crippen molar-refractivity contribution >= 4 is 27.6 Å². The first-order valence-electron chi connectivity index (χ1n) is 6.90. The lowest BCUT2D eigenvalue weighted by Crippen LogP contribution is -1.95. The van der Waals surface area contributed by atoms with Crippen LogP contribution in [-0.4, -0.2) is 6.61 Å². The third-order valence-corrected chi connectivity index (χ3v) is 3.75. The van der Waals surface area contributed by atoms with E-state index in [0.717, 1.165) is 16.7 Å². The third kappa shape index (κ3) is 2.15. The number of hydrogen-bond acceptors (Lipinski definition) is 1. The number of fused-ring (bicyclic) bond motifs is 3. The maximum atomic E-state index is 5.69. The Hall–Kier alpha value is -2.72. The zero-order valence-electron chi connectivity index (χ0n) is 12.0. The molecule has 0 heterocycles. The highest BCUT2D eigenvalue weighted by Gasteiger charge is 2.10. The fourth-order valence-electron chi connectivity index (χ4n) is 2.82. The number of benzene rings is 3. The summed E-state index contributed by atoms with van der Waals surface area (Å²) in [5, 5.41) is 4.72. The van der Waals surface area contributed by atoms with Gasteiger partial charge >= 0.3 is 0 Å². The molecule has 0 aliphatic carbocycles. The number of hydrogen-bond donors (Lipinski definition) is 0. The van der Waals surface area contributed by atoms with Crippen molar-refractivity contribution in [3.05, 3.63) is 60.2 Å². The van der Waals surface area contributed by atoms with Crippen LogP contribution in [0.5, 0.6) is 5.75 Å². The van der Waals surface area contributed by atoms with Crippen LogP contribution in [-0.2, 0) is 0 Å². The van der Waals surface area contributed by atoms with Gasteiger partial charge in [-0.25, -0.2) is 0 Å². The molecule has 0 amide bonds. The van der Waals surface area contributed by atoms with Crippen LogP contribution in [0.2, 0.25) is 0 Å². The van der Waals surface area contributed by atoms with E-state index in [4.69, 9.17) is 11.2 Å². The van der Waals surface area contributed by atoms with Crippen LogP contribution in [0.3, 0.4) is 0 Å². The van der Waals surface area contributed by atoms with Crippen LogP contribution < -0.4 is 4.74 Å². The highest BCUT2D eigenvalue weighted by Crippen LogP contribution is 2.36. The summed E-state index contributed by atoms with van der Waals surface area (Å²) in [6, 6.07) is 14.5. The predicted octanol–water partition coefficient (Wildman–Crippen LogP) is 4.96. The van der Waals surface area contributed by atoms with E-state index >= 15 is 0 Å². The van der Waals surface area contributed by atoms with Crippen LogP contribution >= 0.6 is 0 Å². The standard InChI is InChI=1S/C20H16O/c1-4-13-21-18-12-10-15(5-2)20-17(18)11-9-16-8-6-7-14(3)19(16)20/h1,5-12H,2,13H2,3H3. The number of ether oxygens (including phenoxy) is 1. The molecular weight excluding hydrogens is 256 g/mol. The molecule has 3 rings (SSSR count). The summed E-state index contributed by atoms with van der Waals surface area (Å²) in [6.45, 7) is 6.34.